The minimum absolute atomic E-state index is 0.107. The molecule has 1 rings (SSSR count). The zero-order chi connectivity index (χ0) is 13.1. The first-order valence-corrected chi connectivity index (χ1v) is 5.25. The van der Waals surface area contributed by atoms with Crippen molar-refractivity contribution in [3.8, 4) is 5.75 Å². The van der Waals surface area contributed by atoms with Gasteiger partial charge in [0, 0.05) is 0 Å². The molecule has 0 spiro atoms. The smallest absolute Gasteiger partial charge is 0.465 e. The first-order chi connectivity index (χ1) is 7.83. The van der Waals surface area contributed by atoms with Gasteiger partial charge in [-0.15, -0.1) is 0 Å². The lowest BCUT2D eigenvalue weighted by atomic mass is 10.2. The molecule has 0 aliphatic carbocycles. The molecule has 0 saturated carbocycles. The molecule has 0 radical (unpaired) electrons. The van der Waals surface area contributed by atoms with Crippen LogP contribution in [0.4, 0.5) is 13.2 Å². The van der Waals surface area contributed by atoms with Gasteiger partial charge in [0.25, 0.3) is 0 Å². The fourth-order valence-electron chi connectivity index (χ4n) is 0.905. The van der Waals surface area contributed by atoms with Crippen LogP contribution in [-0.2, 0) is 4.74 Å². The molecule has 1 aromatic rings. The van der Waals surface area contributed by atoms with E-state index < -0.39 is 23.5 Å². The number of benzene rings is 1. The van der Waals surface area contributed by atoms with E-state index in [0.29, 0.717) is 0 Å². The molecule has 0 amide bonds. The van der Waals surface area contributed by atoms with Gasteiger partial charge in [0.2, 0.25) is 0 Å². The van der Waals surface area contributed by atoms with E-state index in [1.165, 1.54) is 19.2 Å². The number of carbonyl (C=O) groups is 1. The number of esters is 1. The molecule has 0 aliphatic rings. The quantitative estimate of drug-likeness (QED) is 0.627. The fraction of sp³-hybridized carbons (Fsp3) is 0.222. The Hall–Kier alpha value is -1.08. The third kappa shape index (κ3) is 4.35. The van der Waals surface area contributed by atoms with E-state index >= 15 is 0 Å². The Morgan fingerprint density at radius 1 is 1.41 bits per heavy atom. The van der Waals surface area contributed by atoms with Crippen molar-refractivity contribution in [2.45, 2.75) is 5.51 Å². The molecule has 17 heavy (non-hydrogen) atoms. The molecule has 0 aromatic heterocycles. The highest BCUT2D eigenvalue weighted by molar-refractivity contribution is 7.95. The number of halogens is 4. The van der Waals surface area contributed by atoms with Gasteiger partial charge < -0.3 is 8.92 Å². The summed E-state index contributed by atoms with van der Waals surface area (Å²) >= 11 is 4.97. The molecule has 94 valence electrons. The zero-order valence-electron chi connectivity index (χ0n) is 8.38. The SMILES string of the molecule is COC(=O)c1ccc(OSC(F)(F)F)c(Cl)c1. The molecule has 0 saturated heterocycles. The number of carbonyl (C=O) groups excluding carboxylic acids is 1. The van der Waals surface area contributed by atoms with Gasteiger partial charge in [-0.25, -0.2) is 4.79 Å². The van der Waals surface area contributed by atoms with Crippen LogP contribution < -0.4 is 4.18 Å². The van der Waals surface area contributed by atoms with Gasteiger partial charge in [-0.3, -0.25) is 0 Å². The maximum atomic E-state index is 11.9. The van der Waals surface area contributed by atoms with Crippen LogP contribution in [0.5, 0.6) is 5.75 Å². The van der Waals surface area contributed by atoms with Crippen LogP contribution in [0.3, 0.4) is 0 Å². The number of hydrogen-bond acceptors (Lipinski definition) is 4. The predicted octanol–water partition coefficient (Wildman–Crippen LogP) is 3.67. The number of hydrogen-bond donors (Lipinski definition) is 0. The molecule has 3 nitrogen and oxygen atoms in total. The van der Waals surface area contributed by atoms with Crippen molar-refractivity contribution >= 4 is 29.6 Å². The largest absolute Gasteiger partial charge is 0.479 e. The molecule has 0 fully saturated rings. The third-order valence-electron chi connectivity index (χ3n) is 1.58. The maximum Gasteiger partial charge on any atom is 0.479 e. The molecule has 0 bridgehead atoms. The Morgan fingerprint density at radius 2 is 2.06 bits per heavy atom. The Morgan fingerprint density at radius 3 is 2.53 bits per heavy atom. The monoisotopic (exact) mass is 286 g/mol. The lowest BCUT2D eigenvalue weighted by Crippen LogP contribution is -2.04. The van der Waals surface area contributed by atoms with E-state index in [2.05, 4.69) is 8.92 Å². The van der Waals surface area contributed by atoms with Crippen molar-refractivity contribution in [2.24, 2.45) is 0 Å². The van der Waals surface area contributed by atoms with Crippen LogP contribution in [-0.4, -0.2) is 18.6 Å². The van der Waals surface area contributed by atoms with E-state index in [0.717, 1.165) is 6.07 Å². The van der Waals surface area contributed by atoms with Crippen molar-refractivity contribution in [1.29, 1.82) is 0 Å². The van der Waals surface area contributed by atoms with Crippen LogP contribution in [0.1, 0.15) is 10.4 Å². The summed E-state index contributed by atoms with van der Waals surface area (Å²) in [4.78, 5) is 11.1. The van der Waals surface area contributed by atoms with Gasteiger partial charge in [0.15, 0.2) is 17.8 Å². The fourth-order valence-corrected chi connectivity index (χ4v) is 1.50. The van der Waals surface area contributed by atoms with E-state index in [1.54, 1.807) is 0 Å². The highest BCUT2D eigenvalue weighted by atomic mass is 35.5. The Balaban J connectivity index is 2.80. The molecule has 0 aliphatic heterocycles. The molecular weight excluding hydrogens is 281 g/mol. The standard InChI is InChI=1S/C9H6ClF3O3S/c1-15-8(14)5-2-3-7(6(10)4-5)16-17-9(11,12)13/h2-4H,1H3. The summed E-state index contributed by atoms with van der Waals surface area (Å²) < 4.78 is 44.4. The Labute approximate surface area is 104 Å². The number of alkyl halides is 3. The lowest BCUT2D eigenvalue weighted by Gasteiger charge is -2.08. The molecule has 0 unspecified atom stereocenters. The topological polar surface area (TPSA) is 35.5 Å². The molecule has 0 atom stereocenters. The van der Waals surface area contributed by atoms with Crippen LogP contribution >= 0.6 is 23.6 Å². The first-order valence-electron chi connectivity index (χ1n) is 4.14. The van der Waals surface area contributed by atoms with Gasteiger partial charge >= 0.3 is 11.5 Å². The summed E-state index contributed by atoms with van der Waals surface area (Å²) in [7, 11) is 1.18. The van der Waals surface area contributed by atoms with Gasteiger partial charge in [0.1, 0.15) is 0 Å². The van der Waals surface area contributed by atoms with Crippen LogP contribution in [0.2, 0.25) is 5.02 Å². The van der Waals surface area contributed by atoms with E-state index in [-0.39, 0.29) is 16.3 Å². The Kier molecular flexibility index (Phi) is 4.53. The van der Waals surface area contributed by atoms with Gasteiger partial charge in [0.05, 0.1) is 17.7 Å². The summed E-state index contributed by atoms with van der Waals surface area (Å²) in [5.74, 6) is -0.816. The molecule has 0 heterocycles. The van der Waals surface area contributed by atoms with E-state index in [4.69, 9.17) is 11.6 Å². The summed E-state index contributed by atoms with van der Waals surface area (Å²) in [6, 6.07) is 3.58. The summed E-state index contributed by atoms with van der Waals surface area (Å²) in [6.45, 7) is 0. The van der Waals surface area contributed by atoms with Crippen LogP contribution in [0.15, 0.2) is 18.2 Å². The second kappa shape index (κ2) is 5.50. The van der Waals surface area contributed by atoms with Gasteiger partial charge in [-0.1, -0.05) is 11.6 Å². The minimum Gasteiger partial charge on any atom is -0.465 e. The first kappa shape index (κ1) is 14.0. The summed E-state index contributed by atoms with van der Waals surface area (Å²) in [5, 5.41) is -0.107. The zero-order valence-corrected chi connectivity index (χ0v) is 9.95. The van der Waals surface area contributed by atoms with Gasteiger partial charge in [-0.2, -0.15) is 13.2 Å². The average molecular weight is 287 g/mol. The van der Waals surface area contributed by atoms with Crippen LogP contribution in [0, 0.1) is 0 Å². The molecule has 0 N–H and O–H groups in total. The minimum atomic E-state index is -4.52. The number of ether oxygens (including phenoxy) is 1. The van der Waals surface area contributed by atoms with Crippen molar-refractivity contribution in [2.75, 3.05) is 7.11 Å². The van der Waals surface area contributed by atoms with Crippen molar-refractivity contribution in [1.82, 2.24) is 0 Å². The maximum absolute atomic E-state index is 11.9. The van der Waals surface area contributed by atoms with Crippen molar-refractivity contribution in [3.05, 3.63) is 28.8 Å². The highest BCUT2D eigenvalue weighted by Crippen LogP contribution is 2.35. The highest BCUT2D eigenvalue weighted by Gasteiger charge is 2.31. The lowest BCUT2D eigenvalue weighted by molar-refractivity contribution is -0.0369. The molecule has 1 aromatic carbocycles. The predicted molar refractivity (Wildman–Crippen MR) is 57.1 cm³/mol. The number of rotatable bonds is 3. The van der Waals surface area contributed by atoms with Crippen molar-refractivity contribution in [3.63, 3.8) is 0 Å². The summed E-state index contributed by atoms with van der Waals surface area (Å²) in [6.07, 6.45) is 0. The number of methoxy groups -OCH3 is 1. The normalized spacial score (nSPS) is 11.1. The molecule has 8 heteroatoms. The Bertz CT molecular complexity index is 422. The van der Waals surface area contributed by atoms with E-state index in [1.807, 2.05) is 0 Å². The molecular formula is C9H6ClF3O3S. The van der Waals surface area contributed by atoms with Crippen LogP contribution in [0.25, 0.3) is 0 Å². The second-order valence-electron chi connectivity index (χ2n) is 2.75. The third-order valence-corrected chi connectivity index (χ3v) is 2.33. The average Bonchev–Trinajstić information content (AvgIpc) is 2.25. The van der Waals surface area contributed by atoms with Gasteiger partial charge in [-0.05, 0) is 18.2 Å². The summed E-state index contributed by atoms with van der Waals surface area (Å²) in [5.41, 5.74) is -4.40. The van der Waals surface area contributed by atoms with Crippen molar-refractivity contribution < 1.29 is 26.9 Å². The second-order valence-corrected chi connectivity index (χ2v) is 3.95. The van der Waals surface area contributed by atoms with E-state index in [9.17, 15) is 18.0 Å².